The maximum atomic E-state index is 13.5. The minimum atomic E-state index is -0.0547. The van der Waals surface area contributed by atoms with Crippen LogP contribution in [-0.4, -0.2) is 51.2 Å². The summed E-state index contributed by atoms with van der Waals surface area (Å²) in [4.78, 5) is 22.3. The average Bonchev–Trinajstić information content (AvgIpc) is 2.60. The van der Waals surface area contributed by atoms with E-state index in [0.717, 1.165) is 63.8 Å². The standard InChI is InChI=1S/C21H28BrN3O/c22-21-12-17-9-18(13-21)11-20(10-17,15-21)19(26)25-7-5-24(6-8-25)14-16-1-3-23-4-2-16/h1-4,17-18H,5-15H2. The predicted molar refractivity (Wildman–Crippen MR) is 105 cm³/mol. The van der Waals surface area contributed by atoms with Gasteiger partial charge in [-0.3, -0.25) is 14.7 Å². The Morgan fingerprint density at radius 1 is 1.08 bits per heavy atom. The summed E-state index contributed by atoms with van der Waals surface area (Å²) in [5.74, 6) is 2.01. The van der Waals surface area contributed by atoms with Gasteiger partial charge in [-0.05, 0) is 68.1 Å². The molecule has 0 radical (unpaired) electrons. The average molecular weight is 418 g/mol. The van der Waals surface area contributed by atoms with Gasteiger partial charge in [0.15, 0.2) is 0 Å². The van der Waals surface area contributed by atoms with Crippen molar-refractivity contribution in [2.75, 3.05) is 26.2 Å². The van der Waals surface area contributed by atoms with E-state index >= 15 is 0 Å². The lowest BCUT2D eigenvalue weighted by Crippen LogP contribution is -2.61. The molecule has 26 heavy (non-hydrogen) atoms. The van der Waals surface area contributed by atoms with Gasteiger partial charge in [0.1, 0.15) is 0 Å². The van der Waals surface area contributed by atoms with Crippen LogP contribution in [0.25, 0.3) is 0 Å². The summed E-state index contributed by atoms with van der Waals surface area (Å²) < 4.78 is 0.260. The van der Waals surface area contributed by atoms with Gasteiger partial charge in [0.25, 0.3) is 0 Å². The Morgan fingerprint density at radius 3 is 2.35 bits per heavy atom. The van der Waals surface area contributed by atoms with Crippen molar-refractivity contribution in [3.05, 3.63) is 30.1 Å². The predicted octanol–water partition coefficient (Wildman–Crippen LogP) is 3.46. The Bertz CT molecular complexity index is 672. The molecule has 0 N–H and O–H groups in total. The Labute approximate surface area is 164 Å². The van der Waals surface area contributed by atoms with E-state index in [1.54, 1.807) is 0 Å². The van der Waals surface area contributed by atoms with E-state index in [0.29, 0.717) is 5.91 Å². The molecule has 4 bridgehead atoms. The van der Waals surface area contributed by atoms with Crippen molar-refractivity contribution in [1.82, 2.24) is 14.8 Å². The molecule has 1 amide bonds. The summed E-state index contributed by atoms with van der Waals surface area (Å²) in [6.07, 6.45) is 11.0. The summed E-state index contributed by atoms with van der Waals surface area (Å²) in [6.45, 7) is 4.70. The summed E-state index contributed by atoms with van der Waals surface area (Å²) in [5, 5.41) is 0. The molecule has 4 aliphatic carbocycles. The molecule has 5 fully saturated rings. The molecule has 1 saturated heterocycles. The van der Waals surface area contributed by atoms with Crippen LogP contribution in [0, 0.1) is 17.3 Å². The topological polar surface area (TPSA) is 36.4 Å². The van der Waals surface area contributed by atoms with Crippen LogP contribution in [0.4, 0.5) is 0 Å². The molecule has 0 spiro atoms. The van der Waals surface area contributed by atoms with Gasteiger partial charge in [-0.1, -0.05) is 15.9 Å². The van der Waals surface area contributed by atoms with Crippen molar-refractivity contribution in [3.63, 3.8) is 0 Å². The normalized spacial score (nSPS) is 39.3. The molecular formula is C21H28BrN3O. The second kappa shape index (κ2) is 6.30. The summed E-state index contributed by atoms with van der Waals surface area (Å²) in [6, 6.07) is 4.17. The molecule has 140 valence electrons. The Hall–Kier alpha value is -0.940. The van der Waals surface area contributed by atoms with E-state index in [-0.39, 0.29) is 9.74 Å². The van der Waals surface area contributed by atoms with Crippen molar-refractivity contribution in [2.24, 2.45) is 17.3 Å². The SMILES string of the molecule is O=C(N1CCN(Cc2ccncc2)CC1)C12CC3CC(CC(Br)(C3)C1)C2. The highest BCUT2D eigenvalue weighted by atomic mass is 79.9. The van der Waals surface area contributed by atoms with Crippen molar-refractivity contribution < 1.29 is 4.79 Å². The summed E-state index contributed by atoms with van der Waals surface area (Å²) >= 11 is 4.05. The fourth-order valence-electron chi connectivity index (χ4n) is 6.59. The molecule has 1 aromatic rings. The van der Waals surface area contributed by atoms with Gasteiger partial charge < -0.3 is 4.90 Å². The van der Waals surface area contributed by atoms with Crippen molar-refractivity contribution in [2.45, 2.75) is 49.4 Å². The van der Waals surface area contributed by atoms with Gasteiger partial charge in [-0.15, -0.1) is 0 Å². The number of hydrogen-bond donors (Lipinski definition) is 0. The molecule has 1 aromatic heterocycles. The van der Waals surface area contributed by atoms with Crippen LogP contribution in [0.1, 0.15) is 44.1 Å². The molecule has 4 nitrogen and oxygen atoms in total. The number of amides is 1. The molecule has 5 aliphatic rings. The molecule has 5 heteroatoms. The number of alkyl halides is 1. The van der Waals surface area contributed by atoms with Gasteiger partial charge >= 0.3 is 0 Å². The third kappa shape index (κ3) is 3.01. The van der Waals surface area contributed by atoms with Crippen LogP contribution < -0.4 is 0 Å². The van der Waals surface area contributed by atoms with Gasteiger partial charge in [-0.25, -0.2) is 0 Å². The monoisotopic (exact) mass is 417 g/mol. The second-order valence-electron chi connectivity index (χ2n) is 9.32. The Morgan fingerprint density at radius 2 is 1.73 bits per heavy atom. The largest absolute Gasteiger partial charge is 0.340 e. The third-order valence-electron chi connectivity index (χ3n) is 7.26. The number of rotatable bonds is 3. The molecule has 2 heterocycles. The fraction of sp³-hybridized carbons (Fsp3) is 0.714. The third-order valence-corrected chi connectivity index (χ3v) is 8.19. The first-order valence-corrected chi connectivity index (χ1v) is 10.9. The van der Waals surface area contributed by atoms with E-state index in [4.69, 9.17) is 0 Å². The van der Waals surface area contributed by atoms with E-state index in [9.17, 15) is 4.79 Å². The number of pyridine rings is 1. The van der Waals surface area contributed by atoms with Crippen LogP contribution in [0.3, 0.4) is 0 Å². The zero-order valence-electron chi connectivity index (χ0n) is 15.4. The van der Waals surface area contributed by atoms with Gasteiger partial charge in [0, 0.05) is 49.4 Å². The highest BCUT2D eigenvalue weighted by molar-refractivity contribution is 9.10. The number of hydrogen-bond acceptors (Lipinski definition) is 3. The molecule has 2 unspecified atom stereocenters. The first-order chi connectivity index (χ1) is 12.5. The number of carbonyl (C=O) groups is 1. The van der Waals surface area contributed by atoms with E-state index < -0.39 is 0 Å². The maximum Gasteiger partial charge on any atom is 0.228 e. The Kier molecular flexibility index (Phi) is 4.16. The van der Waals surface area contributed by atoms with Crippen LogP contribution in [0.2, 0.25) is 0 Å². The highest BCUT2D eigenvalue weighted by Crippen LogP contribution is 2.64. The van der Waals surface area contributed by atoms with E-state index in [1.165, 1.54) is 24.8 Å². The highest BCUT2D eigenvalue weighted by Gasteiger charge is 2.60. The lowest BCUT2D eigenvalue weighted by molar-refractivity contribution is -0.157. The van der Waals surface area contributed by atoms with Crippen molar-refractivity contribution in [3.8, 4) is 0 Å². The molecule has 4 saturated carbocycles. The molecular weight excluding hydrogens is 390 g/mol. The minimum absolute atomic E-state index is 0.0547. The quantitative estimate of drug-likeness (QED) is 0.706. The summed E-state index contributed by atoms with van der Waals surface area (Å²) in [7, 11) is 0. The number of carbonyl (C=O) groups excluding carboxylic acids is 1. The lowest BCUT2D eigenvalue weighted by Gasteiger charge is -2.60. The van der Waals surface area contributed by atoms with Crippen molar-refractivity contribution >= 4 is 21.8 Å². The fourth-order valence-corrected chi connectivity index (χ4v) is 8.04. The smallest absolute Gasteiger partial charge is 0.228 e. The zero-order chi connectivity index (χ0) is 17.8. The number of nitrogens with zero attached hydrogens (tertiary/aromatic N) is 3. The molecule has 2 atom stereocenters. The van der Waals surface area contributed by atoms with Crippen molar-refractivity contribution in [1.29, 1.82) is 0 Å². The Balaban J connectivity index is 1.24. The first-order valence-electron chi connectivity index (χ1n) is 10.1. The summed E-state index contributed by atoms with van der Waals surface area (Å²) in [5.41, 5.74) is 1.25. The van der Waals surface area contributed by atoms with Crippen LogP contribution in [0.5, 0.6) is 0 Å². The van der Waals surface area contributed by atoms with Gasteiger partial charge in [0.05, 0.1) is 5.41 Å². The van der Waals surface area contributed by atoms with E-state index in [1.807, 2.05) is 12.4 Å². The molecule has 1 aliphatic heterocycles. The van der Waals surface area contributed by atoms with Crippen LogP contribution >= 0.6 is 15.9 Å². The zero-order valence-corrected chi connectivity index (χ0v) is 17.0. The minimum Gasteiger partial charge on any atom is -0.340 e. The van der Waals surface area contributed by atoms with Crippen LogP contribution in [-0.2, 0) is 11.3 Å². The number of aromatic nitrogens is 1. The first kappa shape index (κ1) is 17.2. The van der Waals surface area contributed by atoms with Gasteiger partial charge in [-0.2, -0.15) is 0 Å². The molecule has 6 rings (SSSR count). The maximum absolute atomic E-state index is 13.5. The number of piperazine rings is 1. The second-order valence-corrected chi connectivity index (χ2v) is 11.0. The van der Waals surface area contributed by atoms with E-state index in [2.05, 4.69) is 42.8 Å². The number of halogens is 1. The van der Waals surface area contributed by atoms with Crippen LogP contribution in [0.15, 0.2) is 24.5 Å². The van der Waals surface area contributed by atoms with Gasteiger partial charge in [0.2, 0.25) is 5.91 Å². The lowest BCUT2D eigenvalue weighted by atomic mass is 9.49. The molecule has 0 aromatic carbocycles.